The molecule has 1 aromatic rings. The standard InChI is InChI=1S/C14H24N2/c1-4-16(5-2)13(3)11-15-12-14-9-7-6-8-10-14/h6-10,13,15H,4-5,11-12H2,1-3H3. The molecule has 0 aliphatic heterocycles. The lowest BCUT2D eigenvalue weighted by Gasteiger charge is -2.26. The van der Waals surface area contributed by atoms with Crippen LogP contribution in [-0.4, -0.2) is 30.6 Å². The van der Waals surface area contributed by atoms with Crippen molar-refractivity contribution in [1.29, 1.82) is 0 Å². The first kappa shape index (κ1) is 13.2. The highest BCUT2D eigenvalue weighted by Gasteiger charge is 2.08. The monoisotopic (exact) mass is 220 g/mol. The first-order valence-electron chi connectivity index (χ1n) is 6.26. The van der Waals surface area contributed by atoms with Crippen molar-refractivity contribution in [3.8, 4) is 0 Å². The SMILES string of the molecule is CCN(CC)C(C)CNCc1ccccc1. The van der Waals surface area contributed by atoms with Crippen LogP contribution in [0.15, 0.2) is 30.3 Å². The highest BCUT2D eigenvalue weighted by Crippen LogP contribution is 1.99. The average Bonchev–Trinajstić information content (AvgIpc) is 2.32. The van der Waals surface area contributed by atoms with Crippen molar-refractivity contribution in [3.63, 3.8) is 0 Å². The minimum atomic E-state index is 0.610. The van der Waals surface area contributed by atoms with Crippen LogP contribution < -0.4 is 5.32 Å². The third-order valence-electron chi connectivity index (χ3n) is 3.05. The van der Waals surface area contributed by atoms with E-state index in [-0.39, 0.29) is 0 Å². The lowest BCUT2D eigenvalue weighted by Crippen LogP contribution is -2.39. The van der Waals surface area contributed by atoms with Crippen molar-refractivity contribution < 1.29 is 0 Å². The molecule has 2 nitrogen and oxygen atoms in total. The van der Waals surface area contributed by atoms with Gasteiger partial charge in [-0.1, -0.05) is 44.2 Å². The maximum atomic E-state index is 3.51. The van der Waals surface area contributed by atoms with Gasteiger partial charge >= 0.3 is 0 Å². The van der Waals surface area contributed by atoms with Crippen LogP contribution in [-0.2, 0) is 6.54 Å². The van der Waals surface area contributed by atoms with Gasteiger partial charge in [0.1, 0.15) is 0 Å². The van der Waals surface area contributed by atoms with E-state index in [9.17, 15) is 0 Å². The second-order valence-corrected chi connectivity index (χ2v) is 4.19. The fraction of sp³-hybridized carbons (Fsp3) is 0.571. The van der Waals surface area contributed by atoms with E-state index in [1.54, 1.807) is 0 Å². The first-order valence-corrected chi connectivity index (χ1v) is 6.26. The van der Waals surface area contributed by atoms with Crippen molar-refractivity contribution in [1.82, 2.24) is 10.2 Å². The summed E-state index contributed by atoms with van der Waals surface area (Å²) in [5.41, 5.74) is 1.36. The Balaban J connectivity index is 2.25. The van der Waals surface area contributed by atoms with E-state index in [4.69, 9.17) is 0 Å². The van der Waals surface area contributed by atoms with Gasteiger partial charge in [-0.25, -0.2) is 0 Å². The Labute approximate surface area is 99.7 Å². The summed E-state index contributed by atoms with van der Waals surface area (Å²) in [6.45, 7) is 11.0. The molecule has 0 aliphatic carbocycles. The molecule has 16 heavy (non-hydrogen) atoms. The van der Waals surface area contributed by atoms with Crippen LogP contribution in [0.4, 0.5) is 0 Å². The molecular weight excluding hydrogens is 196 g/mol. The molecule has 0 radical (unpaired) electrons. The quantitative estimate of drug-likeness (QED) is 0.759. The van der Waals surface area contributed by atoms with Crippen molar-refractivity contribution >= 4 is 0 Å². The zero-order chi connectivity index (χ0) is 11.8. The molecule has 1 aromatic carbocycles. The molecule has 0 aromatic heterocycles. The van der Waals surface area contributed by atoms with Gasteiger partial charge in [0, 0.05) is 19.1 Å². The van der Waals surface area contributed by atoms with E-state index >= 15 is 0 Å². The zero-order valence-corrected chi connectivity index (χ0v) is 10.7. The Morgan fingerprint density at radius 1 is 1.12 bits per heavy atom. The minimum absolute atomic E-state index is 0.610. The number of benzene rings is 1. The highest BCUT2D eigenvalue weighted by molar-refractivity contribution is 5.14. The fourth-order valence-corrected chi connectivity index (χ4v) is 2.00. The summed E-state index contributed by atoms with van der Waals surface area (Å²) >= 11 is 0. The Hall–Kier alpha value is -0.860. The van der Waals surface area contributed by atoms with Gasteiger partial charge in [0.2, 0.25) is 0 Å². The van der Waals surface area contributed by atoms with Crippen LogP contribution in [0.5, 0.6) is 0 Å². The maximum Gasteiger partial charge on any atom is 0.0206 e. The topological polar surface area (TPSA) is 15.3 Å². The number of nitrogens with one attached hydrogen (secondary N) is 1. The van der Waals surface area contributed by atoms with Gasteiger partial charge in [-0.15, -0.1) is 0 Å². The molecule has 0 bridgehead atoms. The molecule has 1 atom stereocenters. The molecule has 0 amide bonds. The molecular formula is C14H24N2. The number of hydrogen-bond acceptors (Lipinski definition) is 2. The van der Waals surface area contributed by atoms with Crippen molar-refractivity contribution in [2.75, 3.05) is 19.6 Å². The smallest absolute Gasteiger partial charge is 0.0206 e. The van der Waals surface area contributed by atoms with E-state index in [1.807, 2.05) is 0 Å². The van der Waals surface area contributed by atoms with Gasteiger partial charge in [-0.3, -0.25) is 4.90 Å². The van der Waals surface area contributed by atoms with E-state index in [0.29, 0.717) is 6.04 Å². The first-order chi connectivity index (χ1) is 7.77. The van der Waals surface area contributed by atoms with Crippen LogP contribution in [0.2, 0.25) is 0 Å². The molecule has 1 unspecified atom stereocenters. The normalized spacial score (nSPS) is 13.0. The summed E-state index contributed by atoms with van der Waals surface area (Å²) in [6.07, 6.45) is 0. The maximum absolute atomic E-state index is 3.51. The molecule has 0 fully saturated rings. The summed E-state index contributed by atoms with van der Waals surface area (Å²) in [6, 6.07) is 11.2. The van der Waals surface area contributed by atoms with Gasteiger partial charge in [-0.05, 0) is 25.6 Å². The second-order valence-electron chi connectivity index (χ2n) is 4.19. The summed E-state index contributed by atoms with van der Waals surface area (Å²) in [5, 5.41) is 3.51. The lowest BCUT2D eigenvalue weighted by atomic mass is 10.2. The van der Waals surface area contributed by atoms with Crippen molar-refractivity contribution in [3.05, 3.63) is 35.9 Å². The van der Waals surface area contributed by atoms with E-state index < -0.39 is 0 Å². The highest BCUT2D eigenvalue weighted by atomic mass is 15.2. The Morgan fingerprint density at radius 3 is 2.31 bits per heavy atom. The van der Waals surface area contributed by atoms with Crippen LogP contribution in [0, 0.1) is 0 Å². The van der Waals surface area contributed by atoms with Crippen molar-refractivity contribution in [2.24, 2.45) is 0 Å². The summed E-state index contributed by atoms with van der Waals surface area (Å²) < 4.78 is 0. The van der Waals surface area contributed by atoms with E-state index in [1.165, 1.54) is 5.56 Å². The Bertz CT molecular complexity index is 267. The third kappa shape index (κ3) is 4.33. The van der Waals surface area contributed by atoms with Gasteiger partial charge in [0.05, 0.1) is 0 Å². The zero-order valence-electron chi connectivity index (χ0n) is 10.7. The van der Waals surface area contributed by atoms with Crippen molar-refractivity contribution in [2.45, 2.75) is 33.4 Å². The average molecular weight is 220 g/mol. The van der Waals surface area contributed by atoms with Gasteiger partial charge in [-0.2, -0.15) is 0 Å². The third-order valence-corrected chi connectivity index (χ3v) is 3.05. The van der Waals surface area contributed by atoms with Gasteiger partial charge in [0.25, 0.3) is 0 Å². The molecule has 2 heteroatoms. The molecule has 1 rings (SSSR count). The van der Waals surface area contributed by atoms with Gasteiger partial charge in [0.15, 0.2) is 0 Å². The van der Waals surface area contributed by atoms with E-state index in [2.05, 4.69) is 61.3 Å². The molecule has 90 valence electrons. The van der Waals surface area contributed by atoms with Crippen LogP contribution in [0.3, 0.4) is 0 Å². The van der Waals surface area contributed by atoms with Gasteiger partial charge < -0.3 is 5.32 Å². The molecule has 1 N–H and O–H groups in total. The summed E-state index contributed by atoms with van der Waals surface area (Å²) in [5.74, 6) is 0. The summed E-state index contributed by atoms with van der Waals surface area (Å²) in [4.78, 5) is 2.47. The number of likely N-dealkylation sites (N-methyl/N-ethyl adjacent to an activating group) is 1. The molecule has 0 saturated carbocycles. The Kier molecular flexibility index (Phi) is 6.12. The Morgan fingerprint density at radius 2 is 1.75 bits per heavy atom. The second kappa shape index (κ2) is 7.42. The predicted octanol–water partition coefficient (Wildman–Crippen LogP) is 2.51. The fourth-order valence-electron chi connectivity index (χ4n) is 2.00. The van der Waals surface area contributed by atoms with Crippen LogP contribution in [0.25, 0.3) is 0 Å². The molecule has 0 heterocycles. The number of nitrogens with zero attached hydrogens (tertiary/aromatic N) is 1. The van der Waals surface area contributed by atoms with Crippen LogP contribution in [0.1, 0.15) is 26.3 Å². The summed E-state index contributed by atoms with van der Waals surface area (Å²) in [7, 11) is 0. The predicted molar refractivity (Wildman–Crippen MR) is 70.5 cm³/mol. The molecule has 0 saturated heterocycles. The van der Waals surface area contributed by atoms with Crippen LogP contribution >= 0.6 is 0 Å². The number of hydrogen-bond donors (Lipinski definition) is 1. The number of rotatable bonds is 7. The molecule has 0 spiro atoms. The lowest BCUT2D eigenvalue weighted by molar-refractivity contribution is 0.225. The minimum Gasteiger partial charge on any atom is -0.311 e. The molecule has 0 aliphatic rings. The van der Waals surface area contributed by atoms with E-state index in [0.717, 1.165) is 26.2 Å². The largest absolute Gasteiger partial charge is 0.311 e.